The van der Waals surface area contributed by atoms with Crippen LogP contribution in [0.25, 0.3) is 0 Å². The van der Waals surface area contributed by atoms with Gasteiger partial charge in [0.15, 0.2) is 0 Å². The molecule has 0 aliphatic carbocycles. The average molecular weight is 218 g/mol. The van der Waals surface area contributed by atoms with Gasteiger partial charge in [0.2, 0.25) is 0 Å². The summed E-state index contributed by atoms with van der Waals surface area (Å²) in [5.41, 5.74) is 0. The molecule has 0 rings (SSSR count). The van der Waals surface area contributed by atoms with Gasteiger partial charge in [-0.3, -0.25) is 0 Å². The van der Waals surface area contributed by atoms with E-state index < -0.39 is 0 Å². The van der Waals surface area contributed by atoms with Crippen LogP contribution in [0.15, 0.2) is 25.7 Å². The standard InChI is InChI=1S/C5H11NO2P.C4H6O/c1-6(2,3-4-7)5-9-8;1-3-5-4-2/h7H,3-4H2,1-2H3;3-4H,1-2H2/q+1;. The Morgan fingerprint density at radius 1 is 1.50 bits per heavy atom. The molecule has 0 aromatic heterocycles. The molecule has 0 fully saturated rings. The Morgan fingerprint density at radius 3 is 2.21 bits per heavy atom. The second kappa shape index (κ2) is 10.3. The van der Waals surface area contributed by atoms with Crippen molar-refractivity contribution in [1.82, 2.24) is 0 Å². The molecule has 0 aliphatic heterocycles. The topological polar surface area (TPSA) is 46.5 Å². The molecule has 0 unspecified atom stereocenters. The van der Waals surface area contributed by atoms with Crippen LogP contribution in [-0.2, 0) is 9.30 Å². The summed E-state index contributed by atoms with van der Waals surface area (Å²) in [6.45, 7) is 7.16. The molecule has 14 heavy (non-hydrogen) atoms. The number of aliphatic hydroxyl groups excluding tert-OH is 1. The molecule has 0 amide bonds. The van der Waals surface area contributed by atoms with Crippen molar-refractivity contribution < 1.29 is 18.9 Å². The summed E-state index contributed by atoms with van der Waals surface area (Å²) >= 11 is 0. The number of hydrogen-bond donors (Lipinski definition) is 1. The monoisotopic (exact) mass is 218 g/mol. The zero-order valence-electron chi connectivity index (χ0n) is 8.64. The molecule has 0 radical (unpaired) electrons. The molecule has 0 atom stereocenters. The van der Waals surface area contributed by atoms with Crippen molar-refractivity contribution in [2.24, 2.45) is 0 Å². The van der Waals surface area contributed by atoms with Gasteiger partial charge in [0, 0.05) is 0 Å². The fraction of sp³-hybridized carbons (Fsp3) is 0.444. The van der Waals surface area contributed by atoms with E-state index >= 15 is 0 Å². The molecule has 0 saturated carbocycles. The van der Waals surface area contributed by atoms with E-state index in [1.165, 1.54) is 12.5 Å². The number of rotatable bonds is 4. The van der Waals surface area contributed by atoms with E-state index in [0.717, 1.165) is 0 Å². The Balaban J connectivity index is 0. The van der Waals surface area contributed by atoms with Crippen LogP contribution < -0.4 is 0 Å². The first kappa shape index (κ1) is 15.7. The average Bonchev–Trinajstić information content (AvgIpc) is 2.06. The summed E-state index contributed by atoms with van der Waals surface area (Å²) in [5.74, 6) is 2.62. The first-order chi connectivity index (χ1) is 6.54. The second-order valence-corrected chi connectivity index (χ2v) is 3.18. The quantitative estimate of drug-likeness (QED) is 0.442. The zero-order chi connectivity index (χ0) is 11.4. The van der Waals surface area contributed by atoms with E-state index in [0.29, 0.717) is 11.0 Å². The van der Waals surface area contributed by atoms with Gasteiger partial charge in [-0.15, -0.1) is 0 Å². The molecule has 80 valence electrons. The van der Waals surface area contributed by atoms with Gasteiger partial charge in [-0.05, 0) is 0 Å². The third-order valence-corrected chi connectivity index (χ3v) is 1.79. The van der Waals surface area contributed by atoms with Gasteiger partial charge >= 0.3 is 55.1 Å². The van der Waals surface area contributed by atoms with Gasteiger partial charge < -0.3 is 4.74 Å². The van der Waals surface area contributed by atoms with Crippen LogP contribution in [0.4, 0.5) is 0 Å². The summed E-state index contributed by atoms with van der Waals surface area (Å²) in [6.07, 6.45) is 2.62. The number of nitrogens with zero attached hydrogens (tertiary/aromatic N) is 1. The molecule has 1 N–H and O–H groups in total. The van der Waals surface area contributed by atoms with Crippen molar-refractivity contribution in [3.8, 4) is 5.75 Å². The van der Waals surface area contributed by atoms with Gasteiger partial charge in [0.25, 0.3) is 0 Å². The Morgan fingerprint density at radius 2 is 2.00 bits per heavy atom. The van der Waals surface area contributed by atoms with Gasteiger partial charge in [0.1, 0.15) is 0 Å². The fourth-order valence-electron chi connectivity index (χ4n) is 0.479. The third kappa shape index (κ3) is 13.8. The SMILES string of the molecule is C=COC=C.C[N+](C)(C#P=O)CCO. The van der Waals surface area contributed by atoms with E-state index in [4.69, 9.17) is 5.11 Å². The summed E-state index contributed by atoms with van der Waals surface area (Å²) < 4.78 is 14.7. The molecule has 0 aliphatic rings. The minimum absolute atomic E-state index is 0.0928. The molecule has 0 aromatic rings. The van der Waals surface area contributed by atoms with E-state index in [2.05, 4.69) is 23.6 Å². The molecule has 5 heteroatoms. The Hall–Kier alpha value is -0.790. The van der Waals surface area contributed by atoms with Crippen molar-refractivity contribution in [2.45, 2.75) is 0 Å². The maximum absolute atomic E-state index is 9.98. The van der Waals surface area contributed by atoms with Crippen molar-refractivity contribution >= 4 is 7.92 Å². The van der Waals surface area contributed by atoms with Gasteiger partial charge in [-0.1, -0.05) is 13.2 Å². The number of quaternary nitrogens is 1. The van der Waals surface area contributed by atoms with Crippen LogP contribution in [-0.4, -0.2) is 36.8 Å². The van der Waals surface area contributed by atoms with E-state index in [1.54, 1.807) is 0 Å². The molecular formula is C9H17NO3P+. The molecule has 0 bridgehead atoms. The predicted molar refractivity (Wildman–Crippen MR) is 57.0 cm³/mol. The fourth-order valence-corrected chi connectivity index (χ4v) is 0.800. The van der Waals surface area contributed by atoms with E-state index in [1.807, 2.05) is 14.1 Å². The van der Waals surface area contributed by atoms with E-state index in [-0.39, 0.29) is 14.5 Å². The van der Waals surface area contributed by atoms with E-state index in [9.17, 15) is 4.57 Å². The van der Waals surface area contributed by atoms with Crippen molar-refractivity contribution in [1.29, 1.82) is 0 Å². The van der Waals surface area contributed by atoms with Gasteiger partial charge in [-0.25, -0.2) is 0 Å². The molecule has 4 nitrogen and oxygen atoms in total. The summed E-state index contributed by atoms with van der Waals surface area (Å²) in [5, 5.41) is 8.47. The molecule has 0 heterocycles. The second-order valence-electron chi connectivity index (χ2n) is 2.79. The van der Waals surface area contributed by atoms with Crippen molar-refractivity contribution in [3.63, 3.8) is 0 Å². The number of ether oxygens (including phenoxy) is 1. The molecule has 0 aromatic carbocycles. The Kier molecular flexibility index (Phi) is 11.5. The van der Waals surface area contributed by atoms with Gasteiger partial charge in [-0.2, -0.15) is 0 Å². The summed E-state index contributed by atoms with van der Waals surface area (Å²) in [6, 6.07) is 0. The van der Waals surface area contributed by atoms with Crippen LogP contribution in [0.1, 0.15) is 0 Å². The maximum atomic E-state index is 9.98. The first-order valence-corrected chi connectivity index (χ1v) is 4.76. The third-order valence-electron chi connectivity index (χ3n) is 1.16. The van der Waals surface area contributed by atoms with Crippen LogP contribution in [0.5, 0.6) is 0 Å². The Bertz CT molecular complexity index is 250. The van der Waals surface area contributed by atoms with Gasteiger partial charge in [0.05, 0.1) is 12.5 Å². The van der Waals surface area contributed by atoms with Crippen LogP contribution in [0.3, 0.4) is 0 Å². The van der Waals surface area contributed by atoms with Crippen LogP contribution in [0.2, 0.25) is 0 Å². The normalized spacial score (nSPS) is 8.79. The van der Waals surface area contributed by atoms with Crippen molar-refractivity contribution in [2.75, 3.05) is 27.2 Å². The number of hydrogen-bond acceptors (Lipinski definition) is 3. The van der Waals surface area contributed by atoms with Crippen molar-refractivity contribution in [3.05, 3.63) is 25.7 Å². The number of aliphatic hydroxyl groups is 1. The summed E-state index contributed by atoms with van der Waals surface area (Å²) in [4.78, 5) is 0. The minimum atomic E-state index is -0.105. The first-order valence-electron chi connectivity index (χ1n) is 3.94. The molecule has 0 spiro atoms. The predicted octanol–water partition coefficient (Wildman–Crippen LogP) is 1.55. The van der Waals surface area contributed by atoms with Crippen LogP contribution in [0, 0.1) is 5.75 Å². The van der Waals surface area contributed by atoms with Crippen LogP contribution >= 0.6 is 7.92 Å². The Labute approximate surface area is 86.2 Å². The zero-order valence-corrected chi connectivity index (χ0v) is 9.54. The number of likely N-dealkylation sites (N-methyl/N-ethyl adjacent to an activating group) is 1. The molecular weight excluding hydrogens is 201 g/mol. The molecule has 0 saturated heterocycles. The summed E-state index contributed by atoms with van der Waals surface area (Å²) in [7, 11) is 3.54.